The molecule has 0 aliphatic rings. The van der Waals surface area contributed by atoms with Crippen molar-refractivity contribution in [2.45, 2.75) is 26.2 Å². The van der Waals surface area contributed by atoms with E-state index in [9.17, 15) is 4.79 Å². The fourth-order valence-corrected chi connectivity index (χ4v) is 5.58. The van der Waals surface area contributed by atoms with Crippen LogP contribution in [0.25, 0.3) is 0 Å². The van der Waals surface area contributed by atoms with Gasteiger partial charge in [0.1, 0.15) is 0 Å². The summed E-state index contributed by atoms with van der Waals surface area (Å²) >= 11 is -1.75. The normalized spacial score (nSPS) is 11.0. The first-order valence-corrected chi connectivity index (χ1v) is 14.7. The Morgan fingerprint density at radius 3 is 2.25 bits per heavy atom. The molecule has 0 amide bonds. The molecule has 0 radical (unpaired) electrons. The topological polar surface area (TPSA) is 26.3 Å². The van der Waals surface area contributed by atoms with Gasteiger partial charge >= 0.3 is 78.8 Å². The van der Waals surface area contributed by atoms with Gasteiger partial charge in [0.05, 0.1) is 0 Å². The Labute approximate surface area is 78.9 Å². The van der Waals surface area contributed by atoms with Gasteiger partial charge in [-0.15, -0.1) is 0 Å². The number of carbonyl (C=O) groups excluding carboxylic acids is 1. The molecule has 0 aromatic rings. The monoisotopic (exact) mass is 278 g/mol. The molecule has 0 aliphatic carbocycles. The molecule has 0 atom stereocenters. The third-order valence-electron chi connectivity index (χ3n) is 1.26. The Hall–Kier alpha value is 0.00870. The molecule has 70 valence electrons. The van der Waals surface area contributed by atoms with E-state index >= 15 is 0 Å². The third kappa shape index (κ3) is 8.11. The van der Waals surface area contributed by atoms with Gasteiger partial charge in [0, 0.05) is 0 Å². The van der Waals surface area contributed by atoms with Crippen LogP contribution in [0.1, 0.15) is 6.92 Å². The van der Waals surface area contributed by atoms with Gasteiger partial charge in [0.2, 0.25) is 0 Å². The molecule has 0 saturated heterocycles. The minimum atomic E-state index is -1.75. The van der Waals surface area contributed by atoms with E-state index in [1.54, 1.807) is 0 Å². The van der Waals surface area contributed by atoms with Gasteiger partial charge in [-0.2, -0.15) is 0 Å². The van der Waals surface area contributed by atoms with Crippen LogP contribution in [0.2, 0.25) is 19.3 Å². The zero-order valence-electron chi connectivity index (χ0n) is 8.44. The average molecular weight is 277 g/mol. The number of rotatable bonds is 4. The van der Waals surface area contributed by atoms with Crippen LogP contribution in [0.4, 0.5) is 0 Å². The zero-order chi connectivity index (χ0) is 9.78. The van der Waals surface area contributed by atoms with E-state index in [0.717, 1.165) is 10.0 Å². The van der Waals surface area contributed by atoms with Crippen LogP contribution in [-0.2, 0) is 9.53 Å². The van der Waals surface area contributed by atoms with Crippen LogP contribution < -0.4 is 0 Å². The molecule has 0 aromatic carbocycles. The second-order valence-electron chi connectivity index (χ2n) is 4.27. The van der Waals surface area contributed by atoms with Gasteiger partial charge in [-0.1, -0.05) is 0 Å². The molecule has 0 fully saturated rings. The third-order valence-corrected chi connectivity index (χ3v) is 5.71. The Balaban J connectivity index is 3.68. The van der Waals surface area contributed by atoms with Crippen molar-refractivity contribution in [2.75, 3.05) is 6.61 Å². The molecule has 0 aromatic heterocycles. The molecule has 0 heterocycles. The van der Waals surface area contributed by atoms with Crippen molar-refractivity contribution in [1.82, 2.24) is 0 Å². The summed E-state index contributed by atoms with van der Waals surface area (Å²) in [4.78, 5) is 17.5. The van der Waals surface area contributed by atoms with E-state index in [-0.39, 0.29) is 5.97 Å². The summed E-state index contributed by atoms with van der Waals surface area (Å²) < 4.78 is 5.94. The van der Waals surface area contributed by atoms with Crippen LogP contribution >= 0.6 is 0 Å². The minimum absolute atomic E-state index is 0.222. The first kappa shape index (κ1) is 12.0. The summed E-state index contributed by atoms with van der Waals surface area (Å²) in [6.07, 6.45) is 0. The van der Waals surface area contributed by atoms with E-state index in [1.807, 2.05) is 0 Å². The van der Waals surface area contributed by atoms with Crippen molar-refractivity contribution >= 4 is 24.3 Å². The Kier molecular flexibility index (Phi) is 4.90. The molecule has 0 unspecified atom stereocenters. The van der Waals surface area contributed by atoms with Gasteiger partial charge < -0.3 is 0 Å². The van der Waals surface area contributed by atoms with E-state index < -0.39 is 18.4 Å². The Bertz CT molecular complexity index is 179. The summed E-state index contributed by atoms with van der Waals surface area (Å²) in [5.41, 5.74) is 1.06. The van der Waals surface area contributed by atoms with E-state index in [0.29, 0.717) is 6.61 Å². The number of ether oxygens (including phenoxy) is 1. The predicted octanol–water partition coefficient (Wildman–Crippen LogP) is 2.44. The van der Waals surface area contributed by atoms with Crippen molar-refractivity contribution < 1.29 is 9.53 Å². The van der Waals surface area contributed by atoms with Crippen molar-refractivity contribution in [2.24, 2.45) is 0 Å². The summed E-state index contributed by atoms with van der Waals surface area (Å²) in [6, 6.07) is 0. The average Bonchev–Trinajstić information content (AvgIpc) is 1.79. The number of hydrogen-bond donors (Lipinski definition) is 0. The summed E-state index contributed by atoms with van der Waals surface area (Å²) in [5, 5.41) is 0. The zero-order valence-corrected chi connectivity index (χ0v) is 11.3. The standard InChI is InChI=1S/C6H9O2.3CH3.Sn/c1-5(2)4-8-6(3)7;;;;/h1-2,4H2,3H3;3*1H3;. The molecule has 0 spiro atoms. The van der Waals surface area contributed by atoms with Gasteiger partial charge in [-0.3, -0.25) is 0 Å². The van der Waals surface area contributed by atoms with Crippen molar-refractivity contribution in [3.63, 3.8) is 0 Å². The Morgan fingerprint density at radius 2 is 1.92 bits per heavy atom. The van der Waals surface area contributed by atoms with E-state index in [2.05, 4.69) is 21.4 Å². The number of carbonyl (C=O) groups is 1. The molecule has 12 heavy (non-hydrogen) atoms. The number of hydrogen-bond acceptors (Lipinski definition) is 2. The molecule has 2 nitrogen and oxygen atoms in total. The van der Waals surface area contributed by atoms with Crippen molar-refractivity contribution in [3.05, 3.63) is 12.2 Å². The first-order valence-electron chi connectivity index (χ1n) is 4.11. The second kappa shape index (κ2) is 4.90. The van der Waals surface area contributed by atoms with Crippen LogP contribution in [0.3, 0.4) is 0 Å². The first-order chi connectivity index (χ1) is 5.31. The van der Waals surface area contributed by atoms with E-state index in [4.69, 9.17) is 4.74 Å². The SMILES string of the molecule is C=C(COC(C)=O)[CH2][Sn]([CH3])([CH3])[CH3]. The summed E-state index contributed by atoms with van der Waals surface area (Å²) in [5.74, 6) is -0.222. The van der Waals surface area contributed by atoms with Gasteiger partial charge in [-0.05, 0) is 0 Å². The molecule has 0 saturated carbocycles. The van der Waals surface area contributed by atoms with Gasteiger partial charge in [0.15, 0.2) is 0 Å². The maximum absolute atomic E-state index is 10.5. The van der Waals surface area contributed by atoms with Crippen LogP contribution in [0, 0.1) is 0 Å². The Morgan fingerprint density at radius 1 is 1.42 bits per heavy atom. The second-order valence-corrected chi connectivity index (χ2v) is 19.9. The fraction of sp³-hybridized carbons (Fsp3) is 0.667. The van der Waals surface area contributed by atoms with Gasteiger partial charge in [0.25, 0.3) is 0 Å². The molecule has 0 N–H and O–H groups in total. The molecular formula is C9H18O2Sn. The quantitative estimate of drug-likeness (QED) is 0.448. The van der Waals surface area contributed by atoms with Crippen molar-refractivity contribution in [1.29, 1.82) is 0 Å². The summed E-state index contributed by atoms with van der Waals surface area (Å²) in [7, 11) is 0. The van der Waals surface area contributed by atoms with E-state index in [1.165, 1.54) is 6.92 Å². The van der Waals surface area contributed by atoms with Crippen LogP contribution in [-0.4, -0.2) is 31.0 Å². The molecular weight excluding hydrogens is 259 g/mol. The summed E-state index contributed by atoms with van der Waals surface area (Å²) in [6.45, 7) is 5.72. The van der Waals surface area contributed by atoms with Gasteiger partial charge in [-0.25, -0.2) is 0 Å². The van der Waals surface area contributed by atoms with Crippen LogP contribution in [0.15, 0.2) is 12.2 Å². The van der Waals surface area contributed by atoms with Crippen LogP contribution in [0.5, 0.6) is 0 Å². The molecule has 0 rings (SSSR count). The molecule has 0 bridgehead atoms. The molecule has 0 aliphatic heterocycles. The predicted molar refractivity (Wildman–Crippen MR) is 53.9 cm³/mol. The maximum atomic E-state index is 10.5. The number of esters is 1. The van der Waals surface area contributed by atoms with Crippen molar-refractivity contribution in [3.8, 4) is 0 Å². The molecule has 3 heteroatoms. The fourth-order valence-electron chi connectivity index (χ4n) is 1.00.